The van der Waals surface area contributed by atoms with Crippen LogP contribution in [0.1, 0.15) is 12.0 Å². The third-order valence-electron chi connectivity index (χ3n) is 2.99. The van der Waals surface area contributed by atoms with Gasteiger partial charge in [0.25, 0.3) is 5.17 Å². The Morgan fingerprint density at radius 1 is 1.29 bits per heavy atom. The summed E-state index contributed by atoms with van der Waals surface area (Å²) in [5.41, 5.74) is 1.75. The zero-order valence-corrected chi connectivity index (χ0v) is 13.8. The number of carbonyl (C=O) groups is 1. The second kappa shape index (κ2) is 6.95. The van der Waals surface area contributed by atoms with Gasteiger partial charge in [-0.3, -0.25) is 0 Å². The van der Waals surface area contributed by atoms with Crippen LogP contribution in [-0.2, 0) is 9.53 Å². The molecule has 21 heavy (non-hydrogen) atoms. The van der Waals surface area contributed by atoms with E-state index in [2.05, 4.69) is 0 Å². The zero-order valence-electron chi connectivity index (χ0n) is 12.2. The fourth-order valence-electron chi connectivity index (χ4n) is 1.90. The summed E-state index contributed by atoms with van der Waals surface area (Å²) in [5, 5.41) is 0.410. The molecule has 0 spiro atoms. The fraction of sp³-hybridized carbons (Fsp3) is 0.333. The molecular formula is C15H17NO3S2. The van der Waals surface area contributed by atoms with Gasteiger partial charge in [0.15, 0.2) is 0 Å². The number of hydrogen-bond donors (Lipinski definition) is 0. The molecule has 0 aromatic heterocycles. The van der Waals surface area contributed by atoms with Gasteiger partial charge in [-0.1, -0.05) is 12.1 Å². The molecular weight excluding hydrogens is 306 g/mol. The Hall–Kier alpha value is -1.53. The first-order chi connectivity index (χ1) is 10.0. The summed E-state index contributed by atoms with van der Waals surface area (Å²) in [7, 11) is 5.08. The van der Waals surface area contributed by atoms with E-state index in [4.69, 9.17) is 21.7 Å². The van der Waals surface area contributed by atoms with Crippen molar-refractivity contribution in [2.45, 2.75) is 6.42 Å². The maximum atomic E-state index is 11.7. The number of carbonyl (C=O) groups excluding carboxylic acids is 1. The Morgan fingerprint density at radius 2 is 1.95 bits per heavy atom. The Labute approximate surface area is 134 Å². The predicted molar refractivity (Wildman–Crippen MR) is 89.4 cm³/mol. The van der Waals surface area contributed by atoms with E-state index < -0.39 is 0 Å². The fourth-order valence-corrected chi connectivity index (χ4v) is 3.17. The lowest BCUT2D eigenvalue weighted by Crippen LogP contribution is -2.24. The smallest absolute Gasteiger partial charge is 0.334 e. The lowest BCUT2D eigenvalue weighted by Gasteiger charge is -2.14. The van der Waals surface area contributed by atoms with Gasteiger partial charge >= 0.3 is 5.97 Å². The molecule has 2 rings (SSSR count). The average molecular weight is 323 g/mol. The molecule has 0 radical (unpaired) electrons. The maximum Gasteiger partial charge on any atom is 0.334 e. The van der Waals surface area contributed by atoms with Gasteiger partial charge in [-0.05, 0) is 36.3 Å². The van der Waals surface area contributed by atoms with E-state index >= 15 is 0 Å². The average Bonchev–Trinajstić information content (AvgIpc) is 2.96. The molecule has 0 fully saturated rings. The standard InChI is InChI=1S/C15H17NO3S2/c1-16(2)15(20)19-11-6-4-10(5-7-11)13-12(8-9-21-13)14(17)18-3/h4-7H,8-9H2,1-3H3. The number of thioether (sulfide) groups is 1. The van der Waals surface area contributed by atoms with Gasteiger partial charge in [-0.25, -0.2) is 4.79 Å². The highest BCUT2D eigenvalue weighted by Crippen LogP contribution is 2.39. The van der Waals surface area contributed by atoms with Gasteiger partial charge in [0.1, 0.15) is 5.75 Å². The van der Waals surface area contributed by atoms with Crippen LogP contribution in [0.5, 0.6) is 5.75 Å². The van der Waals surface area contributed by atoms with Crippen LogP contribution >= 0.6 is 24.0 Å². The van der Waals surface area contributed by atoms with Crippen molar-refractivity contribution < 1.29 is 14.3 Å². The van der Waals surface area contributed by atoms with Crippen molar-refractivity contribution in [2.24, 2.45) is 0 Å². The number of ether oxygens (including phenoxy) is 2. The molecule has 1 aromatic rings. The van der Waals surface area contributed by atoms with E-state index in [-0.39, 0.29) is 5.97 Å². The zero-order chi connectivity index (χ0) is 15.4. The molecule has 1 aromatic carbocycles. The quantitative estimate of drug-likeness (QED) is 0.629. The van der Waals surface area contributed by atoms with Gasteiger partial charge in [0.05, 0.1) is 12.7 Å². The van der Waals surface area contributed by atoms with Crippen molar-refractivity contribution >= 4 is 40.0 Å². The molecule has 112 valence electrons. The highest BCUT2D eigenvalue weighted by molar-refractivity contribution is 8.08. The normalized spacial score (nSPS) is 14.0. The summed E-state index contributed by atoms with van der Waals surface area (Å²) in [6.45, 7) is 0. The van der Waals surface area contributed by atoms with Crippen LogP contribution in [0.2, 0.25) is 0 Å². The van der Waals surface area contributed by atoms with E-state index in [0.717, 1.165) is 28.2 Å². The van der Waals surface area contributed by atoms with Gasteiger partial charge in [-0.15, -0.1) is 11.8 Å². The molecule has 0 unspecified atom stereocenters. The molecule has 6 heteroatoms. The second-order valence-corrected chi connectivity index (χ2v) is 6.14. The summed E-state index contributed by atoms with van der Waals surface area (Å²) in [5.74, 6) is 1.34. The molecule has 0 saturated carbocycles. The molecule has 0 saturated heterocycles. The highest BCUT2D eigenvalue weighted by atomic mass is 32.2. The van der Waals surface area contributed by atoms with Crippen molar-refractivity contribution in [1.82, 2.24) is 4.90 Å². The number of benzene rings is 1. The number of nitrogens with zero attached hydrogens (tertiary/aromatic N) is 1. The van der Waals surface area contributed by atoms with E-state index in [9.17, 15) is 4.79 Å². The molecule has 1 heterocycles. The van der Waals surface area contributed by atoms with Gasteiger partial charge in [-0.2, -0.15) is 0 Å². The Morgan fingerprint density at radius 3 is 2.52 bits per heavy atom. The molecule has 0 bridgehead atoms. The van der Waals surface area contributed by atoms with Crippen LogP contribution in [0.15, 0.2) is 29.8 Å². The molecule has 1 aliphatic rings. The van der Waals surface area contributed by atoms with E-state index in [0.29, 0.717) is 10.9 Å². The summed E-state index contributed by atoms with van der Waals surface area (Å²) >= 11 is 6.77. The lowest BCUT2D eigenvalue weighted by atomic mass is 10.1. The van der Waals surface area contributed by atoms with Crippen molar-refractivity contribution in [3.63, 3.8) is 0 Å². The van der Waals surface area contributed by atoms with E-state index in [1.807, 2.05) is 38.4 Å². The first-order valence-electron chi connectivity index (χ1n) is 6.46. The number of hydrogen-bond acceptors (Lipinski definition) is 5. The minimum absolute atomic E-state index is 0.246. The molecule has 1 aliphatic heterocycles. The Balaban J connectivity index is 2.19. The Bertz CT molecular complexity index is 579. The summed E-state index contributed by atoms with van der Waals surface area (Å²) < 4.78 is 10.4. The van der Waals surface area contributed by atoms with Crippen molar-refractivity contribution in [1.29, 1.82) is 0 Å². The van der Waals surface area contributed by atoms with Crippen LogP contribution < -0.4 is 4.74 Å². The van der Waals surface area contributed by atoms with E-state index in [1.165, 1.54) is 7.11 Å². The van der Waals surface area contributed by atoms with Crippen LogP contribution in [0.4, 0.5) is 0 Å². The maximum absolute atomic E-state index is 11.7. The molecule has 0 atom stereocenters. The highest BCUT2D eigenvalue weighted by Gasteiger charge is 2.23. The Kier molecular flexibility index (Phi) is 5.25. The summed E-state index contributed by atoms with van der Waals surface area (Å²) in [6, 6.07) is 7.58. The number of thiocarbonyl (C=S) groups is 1. The summed E-state index contributed by atoms with van der Waals surface area (Å²) in [4.78, 5) is 14.5. The van der Waals surface area contributed by atoms with Crippen LogP contribution in [0.3, 0.4) is 0 Å². The monoisotopic (exact) mass is 323 g/mol. The van der Waals surface area contributed by atoms with Crippen LogP contribution in [0, 0.1) is 0 Å². The number of methoxy groups -OCH3 is 1. The molecule has 0 aliphatic carbocycles. The number of rotatable bonds is 3. The van der Waals surface area contributed by atoms with Crippen LogP contribution in [0.25, 0.3) is 4.91 Å². The third kappa shape index (κ3) is 3.77. The van der Waals surface area contributed by atoms with Crippen molar-refractivity contribution in [3.05, 3.63) is 35.4 Å². The van der Waals surface area contributed by atoms with Crippen molar-refractivity contribution in [3.8, 4) is 5.75 Å². The molecule has 0 amide bonds. The molecule has 0 N–H and O–H groups in total. The van der Waals surface area contributed by atoms with Crippen molar-refractivity contribution in [2.75, 3.05) is 27.0 Å². The predicted octanol–water partition coefficient (Wildman–Crippen LogP) is 2.93. The first kappa shape index (κ1) is 15.9. The summed E-state index contributed by atoms with van der Waals surface area (Å²) in [6.07, 6.45) is 0.746. The minimum Gasteiger partial charge on any atom is -0.466 e. The number of esters is 1. The lowest BCUT2D eigenvalue weighted by molar-refractivity contribution is -0.136. The SMILES string of the molecule is COC(=O)C1=C(c2ccc(OC(=S)N(C)C)cc2)SCC1. The minimum atomic E-state index is -0.246. The van der Waals surface area contributed by atoms with Gasteiger partial charge < -0.3 is 14.4 Å². The third-order valence-corrected chi connectivity index (χ3v) is 4.62. The largest absolute Gasteiger partial charge is 0.466 e. The second-order valence-electron chi connectivity index (χ2n) is 4.68. The first-order valence-corrected chi connectivity index (χ1v) is 7.86. The topological polar surface area (TPSA) is 38.8 Å². The van der Waals surface area contributed by atoms with E-state index in [1.54, 1.807) is 16.7 Å². The van der Waals surface area contributed by atoms with Gasteiger partial charge in [0.2, 0.25) is 0 Å². The molecule has 4 nitrogen and oxygen atoms in total. The van der Waals surface area contributed by atoms with Crippen LogP contribution in [-0.4, -0.2) is 43.0 Å². The van der Waals surface area contributed by atoms with Gasteiger partial charge in [0, 0.05) is 24.8 Å².